The number of amides is 2. The summed E-state index contributed by atoms with van der Waals surface area (Å²) in [6.45, 7) is 10.1. The molecule has 3 unspecified atom stereocenters. The molecule has 1 aliphatic rings. The van der Waals surface area contributed by atoms with Gasteiger partial charge in [-0.05, 0) is 30.5 Å². The van der Waals surface area contributed by atoms with Gasteiger partial charge in [0.1, 0.15) is 17.7 Å². The van der Waals surface area contributed by atoms with Gasteiger partial charge in [0, 0.05) is 30.6 Å². The van der Waals surface area contributed by atoms with Crippen molar-refractivity contribution in [3.63, 3.8) is 0 Å². The van der Waals surface area contributed by atoms with E-state index >= 15 is 0 Å². The molecule has 0 spiro atoms. The van der Waals surface area contributed by atoms with Crippen molar-refractivity contribution in [1.82, 2.24) is 15.4 Å². The molecule has 0 saturated carbocycles. The third-order valence-electron chi connectivity index (χ3n) is 5.13. The molecule has 7 nitrogen and oxygen atoms in total. The quantitative estimate of drug-likeness (QED) is 0.701. The molecule has 1 saturated heterocycles. The number of nitrogens with one attached hydrogen (secondary N) is 1. The monoisotopic (exact) mass is 449 g/mol. The lowest BCUT2D eigenvalue weighted by molar-refractivity contribution is -0.141. The smallest absolute Gasteiger partial charge is 0.243 e. The predicted molar refractivity (Wildman–Crippen MR) is 120 cm³/mol. The van der Waals surface area contributed by atoms with Crippen LogP contribution in [0.25, 0.3) is 0 Å². The molecule has 2 amide bonds. The standard InChI is InChI=1S/C21H26ClN3O4.C2H6/c1-12(2)19(18-8-13(3)24-29-18)21(28)25-11-16(26)9-17(25)20(27)23-10-14-4-6-15(22)7-5-14;1-2/h4-8,12,16-17,19,26H,9-11H2,1-3H3,(H,23,27);1-2H3. The Morgan fingerprint density at radius 2 is 1.94 bits per heavy atom. The molecule has 0 aliphatic carbocycles. The molecular weight excluding hydrogens is 418 g/mol. The number of carbonyl (C=O) groups excluding carboxylic acids is 2. The molecule has 31 heavy (non-hydrogen) atoms. The lowest BCUT2D eigenvalue weighted by atomic mass is 9.91. The zero-order chi connectivity index (χ0) is 23.1. The molecule has 1 aliphatic heterocycles. The maximum atomic E-state index is 13.3. The number of β-amino-alcohol motifs (C(OH)–C–C–N with tert-alkyl or cyclic N) is 1. The fraction of sp³-hybridized carbons (Fsp3) is 0.522. The van der Waals surface area contributed by atoms with Crippen molar-refractivity contribution in [3.8, 4) is 0 Å². The van der Waals surface area contributed by atoms with E-state index in [1.165, 1.54) is 4.90 Å². The minimum atomic E-state index is -0.741. The highest BCUT2D eigenvalue weighted by Crippen LogP contribution is 2.31. The first kappa shape index (κ1) is 24.9. The van der Waals surface area contributed by atoms with E-state index < -0.39 is 18.1 Å². The van der Waals surface area contributed by atoms with Crippen LogP contribution in [-0.4, -0.2) is 45.7 Å². The summed E-state index contributed by atoms with van der Waals surface area (Å²) >= 11 is 5.88. The molecule has 1 aromatic heterocycles. The zero-order valence-electron chi connectivity index (χ0n) is 18.8. The number of benzene rings is 1. The van der Waals surface area contributed by atoms with E-state index in [1.807, 2.05) is 39.8 Å². The molecule has 2 heterocycles. The molecule has 0 bridgehead atoms. The minimum Gasteiger partial charge on any atom is -0.391 e. The van der Waals surface area contributed by atoms with Gasteiger partial charge < -0.3 is 19.8 Å². The Morgan fingerprint density at radius 3 is 2.48 bits per heavy atom. The first-order valence-corrected chi connectivity index (χ1v) is 11.1. The summed E-state index contributed by atoms with van der Waals surface area (Å²) in [6.07, 6.45) is -0.534. The van der Waals surface area contributed by atoms with Gasteiger partial charge in [-0.25, -0.2) is 0 Å². The summed E-state index contributed by atoms with van der Waals surface area (Å²) in [4.78, 5) is 27.6. The van der Waals surface area contributed by atoms with Crippen LogP contribution in [0.4, 0.5) is 0 Å². The number of aryl methyl sites for hydroxylation is 1. The number of halogens is 1. The lowest BCUT2D eigenvalue weighted by Gasteiger charge is -2.28. The Morgan fingerprint density at radius 1 is 1.29 bits per heavy atom. The second-order valence-electron chi connectivity index (χ2n) is 7.83. The molecule has 1 fully saturated rings. The van der Waals surface area contributed by atoms with Gasteiger partial charge in [-0.1, -0.05) is 56.6 Å². The molecule has 2 aromatic rings. The minimum absolute atomic E-state index is 0.0506. The van der Waals surface area contributed by atoms with E-state index in [0.29, 0.717) is 23.0 Å². The number of aromatic nitrogens is 1. The molecule has 3 atom stereocenters. The van der Waals surface area contributed by atoms with Crippen molar-refractivity contribution >= 4 is 23.4 Å². The highest BCUT2D eigenvalue weighted by Gasteiger charge is 2.43. The first-order chi connectivity index (χ1) is 14.8. The second-order valence-corrected chi connectivity index (χ2v) is 8.27. The topological polar surface area (TPSA) is 95.7 Å². The van der Waals surface area contributed by atoms with Gasteiger partial charge in [-0.3, -0.25) is 9.59 Å². The van der Waals surface area contributed by atoms with E-state index in [-0.39, 0.29) is 30.7 Å². The second kappa shape index (κ2) is 11.3. The van der Waals surface area contributed by atoms with Crippen molar-refractivity contribution in [2.24, 2.45) is 5.92 Å². The summed E-state index contributed by atoms with van der Waals surface area (Å²) in [5, 5.41) is 17.5. The number of hydrogen-bond donors (Lipinski definition) is 2. The molecule has 170 valence electrons. The van der Waals surface area contributed by atoms with E-state index in [1.54, 1.807) is 25.1 Å². The number of nitrogens with zero attached hydrogens (tertiary/aromatic N) is 2. The number of rotatable bonds is 6. The van der Waals surface area contributed by atoms with Gasteiger partial charge in [0.25, 0.3) is 0 Å². The highest BCUT2D eigenvalue weighted by atomic mass is 35.5. The van der Waals surface area contributed by atoms with Crippen LogP contribution in [-0.2, 0) is 16.1 Å². The number of aliphatic hydroxyl groups is 1. The predicted octanol–water partition coefficient (Wildman–Crippen LogP) is 3.68. The van der Waals surface area contributed by atoms with Gasteiger partial charge >= 0.3 is 0 Å². The van der Waals surface area contributed by atoms with Crippen molar-refractivity contribution in [2.75, 3.05) is 6.54 Å². The number of carbonyl (C=O) groups is 2. The molecule has 0 radical (unpaired) electrons. The van der Waals surface area contributed by atoms with Crippen LogP contribution in [0, 0.1) is 12.8 Å². The maximum absolute atomic E-state index is 13.3. The van der Waals surface area contributed by atoms with E-state index in [2.05, 4.69) is 10.5 Å². The first-order valence-electron chi connectivity index (χ1n) is 10.7. The molecule has 2 N–H and O–H groups in total. The van der Waals surface area contributed by atoms with Crippen LogP contribution in [0.15, 0.2) is 34.9 Å². The van der Waals surface area contributed by atoms with Crippen LogP contribution in [0.3, 0.4) is 0 Å². The van der Waals surface area contributed by atoms with E-state index in [4.69, 9.17) is 16.1 Å². The Hall–Kier alpha value is -2.38. The third-order valence-corrected chi connectivity index (χ3v) is 5.38. The summed E-state index contributed by atoms with van der Waals surface area (Å²) in [5.41, 5.74) is 1.59. The summed E-state index contributed by atoms with van der Waals surface area (Å²) in [6, 6.07) is 8.18. The zero-order valence-corrected chi connectivity index (χ0v) is 19.5. The highest BCUT2D eigenvalue weighted by molar-refractivity contribution is 6.30. The summed E-state index contributed by atoms with van der Waals surface area (Å²) in [7, 11) is 0. The lowest BCUT2D eigenvalue weighted by Crippen LogP contribution is -2.48. The molecule has 3 rings (SSSR count). The Bertz CT molecular complexity index is 866. The Kier molecular flexibility index (Phi) is 9.07. The average molecular weight is 450 g/mol. The van der Waals surface area contributed by atoms with Crippen molar-refractivity contribution < 1.29 is 19.2 Å². The van der Waals surface area contributed by atoms with Crippen LogP contribution >= 0.6 is 11.6 Å². The van der Waals surface area contributed by atoms with Gasteiger partial charge in [0.05, 0.1) is 11.8 Å². The Balaban J connectivity index is 0.00000166. The van der Waals surface area contributed by atoms with Crippen molar-refractivity contribution in [2.45, 2.75) is 65.6 Å². The number of aliphatic hydroxyl groups excluding tert-OH is 1. The largest absolute Gasteiger partial charge is 0.391 e. The molecule has 1 aromatic carbocycles. The third kappa shape index (κ3) is 6.31. The van der Waals surface area contributed by atoms with E-state index in [9.17, 15) is 14.7 Å². The van der Waals surface area contributed by atoms with Crippen molar-refractivity contribution in [1.29, 1.82) is 0 Å². The van der Waals surface area contributed by atoms with Crippen LogP contribution in [0.2, 0.25) is 5.02 Å². The maximum Gasteiger partial charge on any atom is 0.243 e. The SMILES string of the molecule is CC.Cc1cc(C(C(=O)N2CC(O)CC2C(=O)NCc2ccc(Cl)cc2)C(C)C)on1. The number of likely N-dealkylation sites (tertiary alicyclic amines) is 1. The Labute approximate surface area is 188 Å². The van der Waals surface area contributed by atoms with Gasteiger partial charge in [-0.2, -0.15) is 0 Å². The van der Waals surface area contributed by atoms with Gasteiger partial charge in [0.15, 0.2) is 0 Å². The average Bonchev–Trinajstić information content (AvgIpc) is 3.34. The van der Waals surface area contributed by atoms with Crippen molar-refractivity contribution in [3.05, 3.63) is 52.4 Å². The molecule has 8 heteroatoms. The van der Waals surface area contributed by atoms with E-state index in [0.717, 1.165) is 5.56 Å². The number of hydrogen-bond acceptors (Lipinski definition) is 5. The van der Waals surface area contributed by atoms with Crippen LogP contribution in [0.5, 0.6) is 0 Å². The summed E-state index contributed by atoms with van der Waals surface area (Å²) in [5.74, 6) is -0.664. The fourth-order valence-electron chi connectivity index (χ4n) is 3.66. The normalized spacial score (nSPS) is 19.0. The fourth-order valence-corrected chi connectivity index (χ4v) is 3.79. The summed E-state index contributed by atoms with van der Waals surface area (Å²) < 4.78 is 5.33. The van der Waals surface area contributed by atoms with Gasteiger partial charge in [0.2, 0.25) is 11.8 Å². The van der Waals surface area contributed by atoms with Gasteiger partial charge in [-0.15, -0.1) is 0 Å². The van der Waals surface area contributed by atoms with Crippen LogP contribution < -0.4 is 5.32 Å². The van der Waals surface area contributed by atoms with Crippen LogP contribution in [0.1, 0.15) is 57.1 Å². The molecular formula is C23H32ClN3O4.